The van der Waals surface area contributed by atoms with Gasteiger partial charge in [0.1, 0.15) is 13.2 Å². The Hall–Kier alpha value is -2.63. The fourth-order valence-corrected chi connectivity index (χ4v) is 9.38. The smallest absolute Gasteiger partial charge is 0.306 e. The molecule has 6 nitrogen and oxygen atoms in total. The summed E-state index contributed by atoms with van der Waals surface area (Å²) in [6.45, 7) is 6.53. The molecule has 420 valence electrons. The van der Waals surface area contributed by atoms with Gasteiger partial charge in [-0.05, 0) is 57.8 Å². The largest absolute Gasteiger partial charge is 0.462 e. The number of carbonyl (C=O) groups is 3. The minimum atomic E-state index is -0.773. The molecule has 0 radical (unpaired) electrons. The summed E-state index contributed by atoms with van der Waals surface area (Å²) in [4.78, 5) is 38.1. The lowest BCUT2D eigenvalue weighted by molar-refractivity contribution is -0.167. The number of rotatable bonds is 58. The molecule has 0 amide bonds. The molecule has 0 aliphatic carbocycles. The van der Waals surface area contributed by atoms with Crippen molar-refractivity contribution < 1.29 is 28.6 Å². The maximum Gasteiger partial charge on any atom is 0.306 e. The zero-order valence-electron chi connectivity index (χ0n) is 48.2. The highest BCUT2D eigenvalue weighted by atomic mass is 16.6. The van der Waals surface area contributed by atoms with Crippen LogP contribution in [0.1, 0.15) is 335 Å². The van der Waals surface area contributed by atoms with Gasteiger partial charge < -0.3 is 14.2 Å². The third-order valence-electron chi connectivity index (χ3n) is 14.1. The van der Waals surface area contributed by atoms with E-state index in [1.807, 2.05) is 0 Å². The molecule has 0 bridgehead atoms. The molecule has 1 unspecified atom stereocenters. The van der Waals surface area contributed by atoms with E-state index in [0.717, 1.165) is 89.9 Å². The van der Waals surface area contributed by atoms with Crippen LogP contribution in [0.15, 0.2) is 48.6 Å². The highest BCUT2D eigenvalue weighted by Crippen LogP contribution is 2.18. The summed E-state index contributed by atoms with van der Waals surface area (Å²) >= 11 is 0. The highest BCUT2D eigenvalue weighted by molar-refractivity contribution is 5.71. The van der Waals surface area contributed by atoms with Crippen molar-refractivity contribution in [2.75, 3.05) is 13.2 Å². The van der Waals surface area contributed by atoms with E-state index in [4.69, 9.17) is 14.2 Å². The number of hydrogen-bond acceptors (Lipinski definition) is 6. The van der Waals surface area contributed by atoms with Gasteiger partial charge >= 0.3 is 17.9 Å². The summed E-state index contributed by atoms with van der Waals surface area (Å²) in [6.07, 6.45) is 75.8. The quantitative estimate of drug-likeness (QED) is 0.0261. The van der Waals surface area contributed by atoms with Crippen LogP contribution >= 0.6 is 0 Å². The number of hydrogen-bond donors (Lipinski definition) is 0. The van der Waals surface area contributed by atoms with Crippen molar-refractivity contribution in [2.24, 2.45) is 0 Å². The second kappa shape index (κ2) is 60.9. The van der Waals surface area contributed by atoms with Crippen LogP contribution in [0.4, 0.5) is 0 Å². The Morgan fingerprint density at radius 2 is 0.542 bits per heavy atom. The van der Waals surface area contributed by atoms with Gasteiger partial charge in [-0.15, -0.1) is 0 Å². The summed E-state index contributed by atoms with van der Waals surface area (Å²) in [5.41, 5.74) is 0. The van der Waals surface area contributed by atoms with Crippen LogP contribution in [0.25, 0.3) is 0 Å². The van der Waals surface area contributed by atoms with E-state index in [0.29, 0.717) is 19.3 Å². The molecule has 0 aliphatic heterocycles. The molecule has 0 aromatic rings. The maximum atomic E-state index is 12.8. The number of unbranched alkanes of at least 4 members (excludes halogenated alkanes) is 39. The van der Waals surface area contributed by atoms with E-state index in [2.05, 4.69) is 69.4 Å². The van der Waals surface area contributed by atoms with Crippen LogP contribution in [0.5, 0.6) is 0 Å². The summed E-state index contributed by atoms with van der Waals surface area (Å²) in [6, 6.07) is 0. The van der Waals surface area contributed by atoms with E-state index < -0.39 is 6.10 Å². The minimum Gasteiger partial charge on any atom is -0.462 e. The Labute approximate surface area is 448 Å². The highest BCUT2D eigenvalue weighted by Gasteiger charge is 2.19. The zero-order chi connectivity index (χ0) is 52.2. The van der Waals surface area contributed by atoms with Gasteiger partial charge in [0, 0.05) is 19.3 Å². The monoisotopic (exact) mass is 1010 g/mol. The molecule has 0 spiro atoms. The van der Waals surface area contributed by atoms with Gasteiger partial charge in [0.25, 0.3) is 0 Å². The lowest BCUT2D eigenvalue weighted by atomic mass is 10.0. The van der Waals surface area contributed by atoms with Gasteiger partial charge in [-0.25, -0.2) is 0 Å². The normalized spacial score (nSPS) is 12.3. The molecule has 72 heavy (non-hydrogen) atoms. The maximum absolute atomic E-state index is 12.8. The molecule has 0 fully saturated rings. The lowest BCUT2D eigenvalue weighted by Gasteiger charge is -2.18. The summed E-state index contributed by atoms with van der Waals surface area (Å²) < 4.78 is 16.8. The molecule has 0 aliphatic rings. The Balaban J connectivity index is 4.09. The fourth-order valence-electron chi connectivity index (χ4n) is 9.38. The summed E-state index contributed by atoms with van der Waals surface area (Å²) in [5, 5.41) is 0. The van der Waals surface area contributed by atoms with E-state index in [1.54, 1.807) is 0 Å². The van der Waals surface area contributed by atoms with Crippen molar-refractivity contribution in [3.63, 3.8) is 0 Å². The van der Waals surface area contributed by atoms with Crippen molar-refractivity contribution in [3.8, 4) is 0 Å². The molecule has 0 heterocycles. The third kappa shape index (κ3) is 58.3. The molecule has 0 aromatic carbocycles. The van der Waals surface area contributed by atoms with Crippen LogP contribution in [-0.4, -0.2) is 37.2 Å². The minimum absolute atomic E-state index is 0.0724. The first-order chi connectivity index (χ1) is 35.5. The van der Waals surface area contributed by atoms with E-state index in [-0.39, 0.29) is 31.1 Å². The molecular formula is C66H120O6. The van der Waals surface area contributed by atoms with Gasteiger partial charge in [0.05, 0.1) is 0 Å². The van der Waals surface area contributed by atoms with Crippen LogP contribution < -0.4 is 0 Å². The molecule has 0 N–H and O–H groups in total. The average Bonchev–Trinajstić information content (AvgIpc) is 3.38. The molecule has 1 atom stereocenters. The van der Waals surface area contributed by atoms with Crippen molar-refractivity contribution >= 4 is 17.9 Å². The molecule has 0 aromatic heterocycles. The molecular weight excluding hydrogens is 889 g/mol. The second-order valence-corrected chi connectivity index (χ2v) is 21.3. The molecule has 0 saturated carbocycles. The van der Waals surface area contributed by atoms with Crippen molar-refractivity contribution in [2.45, 2.75) is 341 Å². The second-order valence-electron chi connectivity index (χ2n) is 21.3. The van der Waals surface area contributed by atoms with Crippen LogP contribution in [0.2, 0.25) is 0 Å². The van der Waals surface area contributed by atoms with Gasteiger partial charge in [0.2, 0.25) is 0 Å². The standard InChI is InChI=1S/C66H120O6/c1-4-7-10-13-16-18-20-22-24-26-28-30-31-32-33-34-36-37-39-41-43-45-47-50-53-56-59-65(68)71-62-63(61-70-64(67)58-55-52-49-15-12-9-6-3)72-66(69)60-57-54-51-48-46-44-42-40-38-35-29-27-25-23-21-19-17-14-11-8-5-2/h8,11,17,19,23,25,29,35,63H,4-7,9-10,12-16,18,20-22,24,26-28,30-34,36-62H2,1-3H3/b11-8-,19-17-,25-23-,35-29-. The number of carbonyl (C=O) groups excluding carboxylic acids is 3. The third-order valence-corrected chi connectivity index (χ3v) is 14.1. The predicted octanol–water partition coefficient (Wildman–Crippen LogP) is 21.4. The van der Waals surface area contributed by atoms with E-state index in [9.17, 15) is 14.4 Å². The Kier molecular flexibility index (Phi) is 58.7. The lowest BCUT2D eigenvalue weighted by Crippen LogP contribution is -2.30. The van der Waals surface area contributed by atoms with Crippen molar-refractivity contribution in [1.29, 1.82) is 0 Å². The van der Waals surface area contributed by atoms with Crippen LogP contribution in [-0.2, 0) is 28.6 Å². The SMILES string of the molecule is CC/C=C\C/C=C\C/C=C\C/C=C\CCCCCCCCCCC(=O)OC(COC(=O)CCCCCCCCC)COC(=O)CCCCCCCCCCCCCCCCCCCCCCCCCCCC. The molecule has 6 heteroatoms. The number of esters is 3. The Bertz CT molecular complexity index is 1250. The number of allylic oxidation sites excluding steroid dienone is 8. The zero-order valence-corrected chi connectivity index (χ0v) is 48.2. The molecule has 0 rings (SSSR count). The van der Waals surface area contributed by atoms with Crippen LogP contribution in [0.3, 0.4) is 0 Å². The Morgan fingerprint density at radius 3 is 0.847 bits per heavy atom. The van der Waals surface area contributed by atoms with Gasteiger partial charge in [-0.1, -0.05) is 307 Å². The first kappa shape index (κ1) is 69.4. The average molecular weight is 1010 g/mol. The first-order valence-corrected chi connectivity index (χ1v) is 31.6. The molecule has 0 saturated heterocycles. The van der Waals surface area contributed by atoms with Crippen LogP contribution in [0, 0.1) is 0 Å². The van der Waals surface area contributed by atoms with E-state index >= 15 is 0 Å². The van der Waals surface area contributed by atoms with Gasteiger partial charge in [-0.3, -0.25) is 14.4 Å². The number of ether oxygens (including phenoxy) is 3. The first-order valence-electron chi connectivity index (χ1n) is 31.6. The van der Waals surface area contributed by atoms with Gasteiger partial charge in [0.15, 0.2) is 6.10 Å². The van der Waals surface area contributed by atoms with Crippen molar-refractivity contribution in [3.05, 3.63) is 48.6 Å². The topological polar surface area (TPSA) is 78.9 Å². The summed E-state index contributed by atoms with van der Waals surface area (Å²) in [7, 11) is 0. The Morgan fingerprint density at radius 1 is 0.292 bits per heavy atom. The fraction of sp³-hybridized carbons (Fsp3) is 0.833. The van der Waals surface area contributed by atoms with Crippen molar-refractivity contribution in [1.82, 2.24) is 0 Å². The van der Waals surface area contributed by atoms with Gasteiger partial charge in [-0.2, -0.15) is 0 Å². The predicted molar refractivity (Wildman–Crippen MR) is 312 cm³/mol. The summed E-state index contributed by atoms with van der Waals surface area (Å²) in [5.74, 6) is -0.869. The van der Waals surface area contributed by atoms with E-state index in [1.165, 1.54) is 205 Å².